The third kappa shape index (κ3) is 4.14. The second-order valence-electron chi connectivity index (χ2n) is 10.2. The maximum absolute atomic E-state index is 13.2. The molecule has 2 saturated heterocycles. The van der Waals surface area contributed by atoms with Crippen molar-refractivity contribution < 1.29 is 4.79 Å². The van der Waals surface area contributed by atoms with Gasteiger partial charge in [-0.3, -0.25) is 9.79 Å². The molecular weight excluding hydrogens is 358 g/mol. The van der Waals surface area contributed by atoms with Crippen LogP contribution in [0.3, 0.4) is 0 Å². The number of dihydropyridines is 1. The second-order valence-corrected chi connectivity index (χ2v) is 10.2. The zero-order valence-electron chi connectivity index (χ0n) is 18.6. The van der Waals surface area contributed by atoms with Gasteiger partial charge in [-0.05, 0) is 75.7 Å². The molecule has 2 fully saturated rings. The molecule has 158 valence electrons. The highest BCUT2D eigenvalue weighted by molar-refractivity contribution is 5.77. The van der Waals surface area contributed by atoms with Crippen LogP contribution < -0.4 is 0 Å². The van der Waals surface area contributed by atoms with Crippen molar-refractivity contribution in [3.05, 3.63) is 35.6 Å². The number of amides is 1. The Morgan fingerprint density at radius 1 is 1.28 bits per heavy atom. The first-order valence-corrected chi connectivity index (χ1v) is 11.4. The average molecular weight is 396 g/mol. The molecule has 3 aliphatic heterocycles. The molecule has 4 heteroatoms. The molecule has 0 N–H and O–H groups in total. The van der Waals surface area contributed by atoms with Gasteiger partial charge in [-0.15, -0.1) is 0 Å². The standard InChI is InChI=1S/C25H37N3O/c1-18-14-21(25(3)10-7-19(2)24-22(25)6-5-11-26-24)17-28(16-18)23(29)15-20-8-12-27(4)13-9-20/h5-7,10-11,18,20-22H,8-9,12-17H2,1-4H3/t18-,21+,22?,25?/m1/s1. The molecule has 2 unspecified atom stereocenters. The van der Waals surface area contributed by atoms with E-state index in [1.165, 1.54) is 17.7 Å². The van der Waals surface area contributed by atoms with Crippen LogP contribution in [0, 0.1) is 29.1 Å². The van der Waals surface area contributed by atoms with E-state index in [1.807, 2.05) is 6.21 Å². The number of piperidine rings is 2. The molecule has 0 bridgehead atoms. The Morgan fingerprint density at radius 2 is 2.03 bits per heavy atom. The van der Waals surface area contributed by atoms with Gasteiger partial charge in [-0.25, -0.2) is 0 Å². The number of rotatable bonds is 3. The minimum Gasteiger partial charge on any atom is -0.342 e. The summed E-state index contributed by atoms with van der Waals surface area (Å²) in [5.41, 5.74) is 2.50. The molecular formula is C25H37N3O. The highest BCUT2D eigenvalue weighted by atomic mass is 16.2. The van der Waals surface area contributed by atoms with Crippen molar-refractivity contribution >= 4 is 12.1 Å². The van der Waals surface area contributed by atoms with Gasteiger partial charge in [0.25, 0.3) is 0 Å². The first-order chi connectivity index (χ1) is 13.9. The van der Waals surface area contributed by atoms with Gasteiger partial charge in [0.05, 0.1) is 5.70 Å². The summed E-state index contributed by atoms with van der Waals surface area (Å²) in [6.45, 7) is 10.9. The Balaban J connectivity index is 1.47. The summed E-state index contributed by atoms with van der Waals surface area (Å²) in [7, 11) is 2.18. The van der Waals surface area contributed by atoms with E-state index in [2.05, 4.69) is 61.9 Å². The number of hydrogen-bond acceptors (Lipinski definition) is 3. The van der Waals surface area contributed by atoms with Gasteiger partial charge >= 0.3 is 0 Å². The summed E-state index contributed by atoms with van der Waals surface area (Å²) in [5, 5.41) is 0. The average Bonchev–Trinajstić information content (AvgIpc) is 2.72. The van der Waals surface area contributed by atoms with Crippen molar-refractivity contribution in [3.8, 4) is 0 Å². The Kier molecular flexibility index (Phi) is 5.83. The van der Waals surface area contributed by atoms with E-state index in [-0.39, 0.29) is 5.41 Å². The second kappa shape index (κ2) is 8.22. The molecule has 0 aromatic heterocycles. The lowest BCUT2D eigenvalue weighted by Gasteiger charge is -2.49. The van der Waals surface area contributed by atoms with E-state index in [0.717, 1.165) is 45.4 Å². The Bertz CT molecular complexity index is 756. The molecule has 4 nitrogen and oxygen atoms in total. The van der Waals surface area contributed by atoms with Crippen molar-refractivity contribution in [3.63, 3.8) is 0 Å². The number of nitrogens with zero attached hydrogens (tertiary/aromatic N) is 3. The number of carbonyl (C=O) groups excluding carboxylic acids is 1. The molecule has 3 heterocycles. The summed E-state index contributed by atoms with van der Waals surface area (Å²) >= 11 is 0. The summed E-state index contributed by atoms with van der Waals surface area (Å²) in [5.74, 6) is 2.27. The molecule has 4 aliphatic rings. The lowest BCUT2D eigenvalue weighted by Crippen LogP contribution is -2.50. The molecule has 0 aromatic carbocycles. The highest BCUT2D eigenvalue weighted by Crippen LogP contribution is 2.50. The van der Waals surface area contributed by atoms with Gasteiger partial charge in [0, 0.05) is 37.1 Å². The van der Waals surface area contributed by atoms with Crippen LogP contribution in [0.25, 0.3) is 0 Å². The lowest BCUT2D eigenvalue weighted by atomic mass is 9.60. The number of aliphatic imine (C=N–C) groups is 1. The van der Waals surface area contributed by atoms with Crippen LogP contribution in [0.1, 0.15) is 46.5 Å². The molecule has 1 amide bonds. The van der Waals surface area contributed by atoms with Crippen LogP contribution in [0.4, 0.5) is 0 Å². The van der Waals surface area contributed by atoms with Gasteiger partial charge in [0.1, 0.15) is 0 Å². The minimum absolute atomic E-state index is 0.0177. The van der Waals surface area contributed by atoms with Crippen LogP contribution in [0.15, 0.2) is 40.6 Å². The third-order valence-corrected chi connectivity index (χ3v) is 7.86. The van der Waals surface area contributed by atoms with Crippen LogP contribution in [-0.2, 0) is 4.79 Å². The number of hydrogen-bond donors (Lipinski definition) is 0. The molecule has 1 aliphatic carbocycles. The van der Waals surface area contributed by atoms with Crippen LogP contribution >= 0.6 is 0 Å². The zero-order chi connectivity index (χ0) is 20.6. The Labute approximate surface area is 176 Å². The summed E-state index contributed by atoms with van der Waals surface area (Å²) in [6, 6.07) is 0. The molecule has 4 rings (SSSR count). The van der Waals surface area contributed by atoms with Crippen molar-refractivity contribution in [2.45, 2.75) is 46.5 Å². The number of likely N-dealkylation sites (tertiary alicyclic amines) is 2. The van der Waals surface area contributed by atoms with Gasteiger partial charge in [0.15, 0.2) is 0 Å². The molecule has 0 aromatic rings. The summed E-state index contributed by atoms with van der Waals surface area (Å²) in [4.78, 5) is 22.5. The van der Waals surface area contributed by atoms with Crippen molar-refractivity contribution in [2.75, 3.05) is 33.2 Å². The lowest BCUT2D eigenvalue weighted by molar-refractivity contribution is -0.136. The largest absolute Gasteiger partial charge is 0.342 e. The van der Waals surface area contributed by atoms with Crippen LogP contribution in [0.5, 0.6) is 0 Å². The van der Waals surface area contributed by atoms with Gasteiger partial charge in [-0.2, -0.15) is 0 Å². The fraction of sp³-hybridized carbons (Fsp3) is 0.680. The quantitative estimate of drug-likeness (QED) is 0.714. The number of fused-ring (bicyclic) bond motifs is 1. The van der Waals surface area contributed by atoms with Gasteiger partial charge < -0.3 is 9.80 Å². The van der Waals surface area contributed by atoms with Crippen LogP contribution in [-0.4, -0.2) is 55.1 Å². The third-order valence-electron chi connectivity index (χ3n) is 7.86. The Hall–Kier alpha value is -1.68. The smallest absolute Gasteiger partial charge is 0.222 e. The topological polar surface area (TPSA) is 35.9 Å². The fourth-order valence-corrected chi connectivity index (χ4v) is 5.84. The van der Waals surface area contributed by atoms with E-state index in [4.69, 9.17) is 4.99 Å². The van der Waals surface area contributed by atoms with E-state index in [0.29, 0.717) is 29.6 Å². The molecule has 4 atom stereocenters. The maximum Gasteiger partial charge on any atom is 0.222 e. The molecule has 0 saturated carbocycles. The monoisotopic (exact) mass is 395 g/mol. The zero-order valence-corrected chi connectivity index (χ0v) is 18.6. The molecule has 0 radical (unpaired) electrons. The predicted molar refractivity (Wildman–Crippen MR) is 120 cm³/mol. The van der Waals surface area contributed by atoms with Gasteiger partial charge in [-0.1, -0.05) is 32.1 Å². The summed E-state index contributed by atoms with van der Waals surface area (Å²) < 4.78 is 0. The van der Waals surface area contributed by atoms with Crippen molar-refractivity contribution in [2.24, 2.45) is 34.1 Å². The highest BCUT2D eigenvalue weighted by Gasteiger charge is 2.45. The molecule has 29 heavy (non-hydrogen) atoms. The SMILES string of the molecule is CC1=C2N=CC=CC2C(C)([C@H]2C[C@@H](C)CN(C(=O)CC3CCN(C)CC3)C2)C=C1. The van der Waals surface area contributed by atoms with E-state index >= 15 is 0 Å². The van der Waals surface area contributed by atoms with Crippen LogP contribution in [0.2, 0.25) is 0 Å². The van der Waals surface area contributed by atoms with Crippen molar-refractivity contribution in [1.82, 2.24) is 9.80 Å². The first kappa shape index (κ1) is 20.6. The number of allylic oxidation sites excluding steroid dienone is 5. The first-order valence-electron chi connectivity index (χ1n) is 11.4. The number of carbonyl (C=O) groups is 1. The van der Waals surface area contributed by atoms with Gasteiger partial charge in [0.2, 0.25) is 5.91 Å². The van der Waals surface area contributed by atoms with E-state index < -0.39 is 0 Å². The normalized spacial score (nSPS) is 35.9. The Morgan fingerprint density at radius 3 is 2.79 bits per heavy atom. The van der Waals surface area contributed by atoms with E-state index in [1.54, 1.807) is 0 Å². The maximum atomic E-state index is 13.2. The minimum atomic E-state index is 0.0177. The predicted octanol–water partition coefficient (Wildman–Crippen LogP) is 4.31. The fourth-order valence-electron chi connectivity index (χ4n) is 5.84. The summed E-state index contributed by atoms with van der Waals surface area (Å²) in [6.07, 6.45) is 15.2. The van der Waals surface area contributed by atoms with E-state index in [9.17, 15) is 4.79 Å². The van der Waals surface area contributed by atoms with Crippen molar-refractivity contribution in [1.29, 1.82) is 0 Å². The molecule has 0 spiro atoms.